The molecule has 3 rings (SSSR count). The zero-order valence-corrected chi connectivity index (χ0v) is 15.0. The molecular weight excluding hydrogens is 350 g/mol. The van der Waals surface area contributed by atoms with Crippen molar-refractivity contribution in [3.8, 4) is 16.3 Å². The summed E-state index contributed by atoms with van der Waals surface area (Å²) in [5.74, 6) is -0.740. The van der Waals surface area contributed by atoms with Crippen LogP contribution in [0.2, 0.25) is 0 Å². The van der Waals surface area contributed by atoms with Crippen LogP contribution in [0.4, 0.5) is 0 Å². The predicted molar refractivity (Wildman–Crippen MR) is 96.2 cm³/mol. The van der Waals surface area contributed by atoms with E-state index in [1.54, 1.807) is 27.2 Å². The molecule has 24 heavy (non-hydrogen) atoms. The molecule has 0 saturated heterocycles. The second-order valence-corrected chi connectivity index (χ2v) is 6.49. The molecule has 0 atom stereocenters. The van der Waals surface area contributed by atoms with E-state index in [-0.39, 0.29) is 24.0 Å². The van der Waals surface area contributed by atoms with Crippen LogP contribution >= 0.6 is 23.7 Å². The van der Waals surface area contributed by atoms with E-state index < -0.39 is 11.2 Å². The minimum Gasteiger partial charge on any atom is -0.503 e. The highest BCUT2D eigenvalue weighted by Crippen LogP contribution is 2.26. The molecule has 0 saturated carbocycles. The van der Waals surface area contributed by atoms with Gasteiger partial charge >= 0.3 is 0 Å². The number of aromatic hydroxyl groups is 1. The van der Waals surface area contributed by atoms with E-state index in [1.165, 1.54) is 11.3 Å². The number of nitrogens with zero attached hydrogens (tertiary/aromatic N) is 3. The molecule has 0 unspecified atom stereocenters. The zero-order valence-electron chi connectivity index (χ0n) is 13.4. The van der Waals surface area contributed by atoms with Crippen molar-refractivity contribution in [1.82, 2.24) is 14.5 Å². The molecule has 0 bridgehead atoms. The lowest BCUT2D eigenvalue weighted by molar-refractivity contribution is 0.0694. The van der Waals surface area contributed by atoms with Crippen molar-refractivity contribution >= 4 is 29.7 Å². The predicted octanol–water partition coefficient (Wildman–Crippen LogP) is 2.75. The third kappa shape index (κ3) is 3.32. The molecule has 3 heterocycles. The third-order valence-corrected chi connectivity index (χ3v) is 4.86. The Labute approximate surface area is 150 Å². The maximum atomic E-state index is 12.6. The normalized spacial score (nSPS) is 13.5. The van der Waals surface area contributed by atoms with Gasteiger partial charge in [-0.3, -0.25) is 9.59 Å². The van der Waals surface area contributed by atoms with Gasteiger partial charge in [-0.15, -0.1) is 23.7 Å². The molecule has 1 amide bonds. The fraction of sp³-hybridized carbons (Fsp3) is 0.438. The molecule has 8 heteroatoms. The molecule has 0 aliphatic carbocycles. The maximum absolute atomic E-state index is 12.6. The van der Waals surface area contributed by atoms with Crippen LogP contribution < -0.4 is 5.43 Å². The van der Waals surface area contributed by atoms with Gasteiger partial charge in [0.15, 0.2) is 11.4 Å². The Balaban J connectivity index is 0.00000208. The van der Waals surface area contributed by atoms with Gasteiger partial charge in [-0.05, 0) is 6.42 Å². The van der Waals surface area contributed by atoms with Crippen molar-refractivity contribution in [2.24, 2.45) is 0 Å². The van der Waals surface area contributed by atoms with Crippen LogP contribution in [0.15, 0.2) is 22.6 Å². The Morgan fingerprint density at radius 3 is 2.75 bits per heavy atom. The van der Waals surface area contributed by atoms with Gasteiger partial charge in [-0.2, -0.15) is 0 Å². The van der Waals surface area contributed by atoms with Crippen molar-refractivity contribution in [3.63, 3.8) is 0 Å². The van der Waals surface area contributed by atoms with Crippen molar-refractivity contribution in [2.45, 2.75) is 32.7 Å². The number of hydrogen-bond acceptors (Lipinski definition) is 5. The largest absolute Gasteiger partial charge is 0.503 e. The van der Waals surface area contributed by atoms with Crippen LogP contribution in [-0.2, 0) is 6.54 Å². The van der Waals surface area contributed by atoms with Crippen LogP contribution in [0.25, 0.3) is 10.6 Å². The molecule has 2 aromatic heterocycles. The standard InChI is InChI=1S/C16H19N3O3S.ClH/c1-2-3-4-6-18-7-8-19-10-11(15-17-5-9-23-15)13(20)14(21)12(19)16(18)22;/h5,9-10,21H,2-4,6-8H2,1H3;1H. The SMILES string of the molecule is CCCCCN1CCn2cc(-c3nccs3)c(=O)c(O)c2C1=O.Cl. The van der Waals surface area contributed by atoms with Crippen LogP contribution in [-0.4, -0.2) is 38.6 Å². The molecule has 0 aromatic carbocycles. The minimum absolute atomic E-state index is 0. The van der Waals surface area contributed by atoms with E-state index in [0.29, 0.717) is 30.2 Å². The van der Waals surface area contributed by atoms with Gasteiger partial charge in [0, 0.05) is 37.4 Å². The number of rotatable bonds is 5. The first kappa shape index (κ1) is 18.5. The first-order valence-corrected chi connectivity index (χ1v) is 8.67. The van der Waals surface area contributed by atoms with Gasteiger partial charge in [0.2, 0.25) is 5.43 Å². The Morgan fingerprint density at radius 1 is 1.29 bits per heavy atom. The Hall–Kier alpha value is -1.86. The van der Waals surface area contributed by atoms with Gasteiger partial charge in [-0.1, -0.05) is 19.8 Å². The molecule has 0 radical (unpaired) electrons. The quantitative estimate of drug-likeness (QED) is 0.822. The van der Waals surface area contributed by atoms with E-state index >= 15 is 0 Å². The number of halogens is 1. The molecule has 1 aliphatic rings. The van der Waals surface area contributed by atoms with Crippen molar-refractivity contribution in [3.05, 3.63) is 33.7 Å². The second kappa shape index (κ2) is 7.81. The summed E-state index contributed by atoms with van der Waals surface area (Å²) in [5.41, 5.74) is -0.0958. The number of carbonyl (C=O) groups is 1. The monoisotopic (exact) mass is 369 g/mol. The highest BCUT2D eigenvalue weighted by atomic mass is 35.5. The third-order valence-electron chi connectivity index (χ3n) is 4.05. The molecule has 0 fully saturated rings. The number of carbonyl (C=O) groups excluding carboxylic acids is 1. The molecule has 6 nitrogen and oxygen atoms in total. The zero-order chi connectivity index (χ0) is 16.4. The van der Waals surface area contributed by atoms with Gasteiger partial charge in [0.05, 0.1) is 5.56 Å². The fourth-order valence-corrected chi connectivity index (χ4v) is 3.45. The number of fused-ring (bicyclic) bond motifs is 1. The summed E-state index contributed by atoms with van der Waals surface area (Å²) >= 11 is 1.33. The van der Waals surface area contributed by atoms with Gasteiger partial charge in [0.25, 0.3) is 5.91 Å². The van der Waals surface area contributed by atoms with E-state index in [9.17, 15) is 14.7 Å². The molecule has 130 valence electrons. The Bertz CT molecular complexity index is 774. The molecule has 1 N–H and O–H groups in total. The average Bonchev–Trinajstić information content (AvgIpc) is 3.07. The lowest BCUT2D eigenvalue weighted by atomic mass is 10.1. The second-order valence-electron chi connectivity index (χ2n) is 5.60. The fourth-order valence-electron chi connectivity index (χ4n) is 2.81. The van der Waals surface area contributed by atoms with Crippen LogP contribution in [0.5, 0.6) is 5.75 Å². The summed E-state index contributed by atoms with van der Waals surface area (Å²) in [5, 5.41) is 12.6. The number of amides is 1. The number of thiazole rings is 1. The highest BCUT2D eigenvalue weighted by Gasteiger charge is 2.29. The topological polar surface area (TPSA) is 75.4 Å². The van der Waals surface area contributed by atoms with Gasteiger partial charge < -0.3 is 14.6 Å². The Morgan fingerprint density at radius 2 is 2.08 bits per heavy atom. The van der Waals surface area contributed by atoms with Gasteiger partial charge in [-0.25, -0.2) is 4.98 Å². The summed E-state index contributed by atoms with van der Waals surface area (Å²) < 4.78 is 1.67. The first-order valence-electron chi connectivity index (χ1n) is 7.79. The maximum Gasteiger partial charge on any atom is 0.274 e. The van der Waals surface area contributed by atoms with Crippen molar-refractivity contribution < 1.29 is 9.90 Å². The summed E-state index contributed by atoms with van der Waals surface area (Å²) in [7, 11) is 0. The summed E-state index contributed by atoms with van der Waals surface area (Å²) in [6.45, 7) is 3.93. The highest BCUT2D eigenvalue weighted by molar-refractivity contribution is 7.13. The van der Waals surface area contributed by atoms with Crippen LogP contribution in [0.3, 0.4) is 0 Å². The first-order chi connectivity index (χ1) is 11.1. The van der Waals surface area contributed by atoms with E-state index in [1.807, 2.05) is 0 Å². The molecular formula is C16H20ClN3O3S. The van der Waals surface area contributed by atoms with Crippen LogP contribution in [0, 0.1) is 0 Å². The summed E-state index contributed by atoms with van der Waals surface area (Å²) in [4.78, 5) is 30.8. The summed E-state index contributed by atoms with van der Waals surface area (Å²) in [6, 6.07) is 0. The van der Waals surface area contributed by atoms with E-state index in [4.69, 9.17) is 0 Å². The van der Waals surface area contributed by atoms with E-state index in [2.05, 4.69) is 11.9 Å². The van der Waals surface area contributed by atoms with Gasteiger partial charge in [0.1, 0.15) is 5.01 Å². The summed E-state index contributed by atoms with van der Waals surface area (Å²) in [6.07, 6.45) is 6.33. The van der Waals surface area contributed by atoms with Crippen molar-refractivity contribution in [1.29, 1.82) is 0 Å². The molecule has 2 aromatic rings. The van der Waals surface area contributed by atoms with E-state index in [0.717, 1.165) is 19.3 Å². The number of aromatic nitrogens is 2. The number of pyridine rings is 1. The smallest absolute Gasteiger partial charge is 0.274 e. The van der Waals surface area contributed by atoms with Crippen molar-refractivity contribution in [2.75, 3.05) is 13.1 Å². The minimum atomic E-state index is -0.532. The van der Waals surface area contributed by atoms with Crippen LogP contribution in [0.1, 0.15) is 36.7 Å². The lowest BCUT2D eigenvalue weighted by Crippen LogP contribution is -2.42. The molecule has 0 spiro atoms. The number of hydrogen-bond donors (Lipinski definition) is 1. The number of unbranched alkanes of at least 4 members (excludes halogenated alkanes) is 2. The molecule has 1 aliphatic heterocycles. The lowest BCUT2D eigenvalue weighted by Gasteiger charge is -2.30. The average molecular weight is 370 g/mol. The Kier molecular flexibility index (Phi) is 6.01.